The Morgan fingerprint density at radius 2 is 2.29 bits per heavy atom. The number of carbonyl (C=O) groups is 1. The highest BCUT2D eigenvalue weighted by Crippen LogP contribution is 2.20. The van der Waals surface area contributed by atoms with Crippen molar-refractivity contribution in [2.45, 2.75) is 12.8 Å². The molecule has 110 valence electrons. The topological polar surface area (TPSA) is 71.5 Å². The van der Waals surface area contributed by atoms with Crippen LogP contribution in [-0.2, 0) is 4.74 Å². The van der Waals surface area contributed by atoms with Gasteiger partial charge in [0.25, 0.3) is 0 Å². The number of hydrogen-bond acceptors (Lipinski definition) is 4. The van der Waals surface area contributed by atoms with Crippen molar-refractivity contribution in [3.63, 3.8) is 0 Å². The summed E-state index contributed by atoms with van der Waals surface area (Å²) in [6.07, 6.45) is 2.20. The molecule has 0 aliphatic carbocycles. The number of aromatic carboxylic acids is 1. The Labute approximate surface area is 123 Å². The maximum absolute atomic E-state index is 11.2. The van der Waals surface area contributed by atoms with Gasteiger partial charge in [-0.05, 0) is 43.0 Å². The number of aromatic nitrogens is 1. The third-order valence-corrected chi connectivity index (χ3v) is 3.84. The van der Waals surface area contributed by atoms with Gasteiger partial charge in [-0.25, -0.2) is 9.78 Å². The summed E-state index contributed by atoms with van der Waals surface area (Å²) in [7, 11) is 0. The van der Waals surface area contributed by atoms with E-state index >= 15 is 0 Å². The average molecular weight is 286 g/mol. The minimum absolute atomic E-state index is 0.287. The maximum Gasteiger partial charge on any atom is 0.336 e. The normalized spacial score (nSPS) is 18.0. The molecule has 0 amide bonds. The lowest BCUT2D eigenvalue weighted by atomic mass is 10.1. The predicted octanol–water partition coefficient (Wildman–Crippen LogP) is 2.77. The fourth-order valence-corrected chi connectivity index (χ4v) is 2.66. The quantitative estimate of drug-likeness (QED) is 0.884. The minimum Gasteiger partial charge on any atom is -0.478 e. The van der Waals surface area contributed by atoms with Gasteiger partial charge in [0.15, 0.2) is 0 Å². The highest BCUT2D eigenvalue weighted by Gasteiger charge is 2.15. The minimum atomic E-state index is -0.927. The number of ether oxygens (including phenoxy) is 1. The molecule has 5 heteroatoms. The van der Waals surface area contributed by atoms with Crippen LogP contribution in [0.25, 0.3) is 10.9 Å². The highest BCUT2D eigenvalue weighted by molar-refractivity contribution is 6.02. The Morgan fingerprint density at radius 3 is 3.05 bits per heavy atom. The van der Waals surface area contributed by atoms with Crippen molar-refractivity contribution in [2.24, 2.45) is 5.92 Å². The van der Waals surface area contributed by atoms with Gasteiger partial charge < -0.3 is 15.2 Å². The first-order valence-corrected chi connectivity index (χ1v) is 7.19. The van der Waals surface area contributed by atoms with Crippen LogP contribution in [0.4, 0.5) is 5.82 Å². The fraction of sp³-hybridized carbons (Fsp3) is 0.375. The van der Waals surface area contributed by atoms with Crippen molar-refractivity contribution in [1.82, 2.24) is 4.98 Å². The molecule has 0 saturated carbocycles. The van der Waals surface area contributed by atoms with E-state index in [9.17, 15) is 4.79 Å². The van der Waals surface area contributed by atoms with Crippen LogP contribution in [0.15, 0.2) is 30.3 Å². The van der Waals surface area contributed by atoms with E-state index in [-0.39, 0.29) is 5.56 Å². The van der Waals surface area contributed by atoms with Crippen molar-refractivity contribution in [3.05, 3.63) is 35.9 Å². The van der Waals surface area contributed by atoms with Gasteiger partial charge >= 0.3 is 5.97 Å². The Bertz CT molecular complexity index is 651. The predicted molar refractivity (Wildman–Crippen MR) is 80.7 cm³/mol. The van der Waals surface area contributed by atoms with E-state index in [1.54, 1.807) is 12.1 Å². The Hall–Kier alpha value is -2.14. The number of hydrogen-bond donors (Lipinski definition) is 2. The number of nitrogens with zero attached hydrogens (tertiary/aromatic N) is 1. The SMILES string of the molecule is O=C(O)c1cccc2nc(NCCC3CCOC3)ccc12. The molecule has 1 aliphatic heterocycles. The van der Waals surface area contributed by atoms with Crippen LogP contribution < -0.4 is 5.32 Å². The number of benzene rings is 1. The molecule has 0 radical (unpaired) electrons. The largest absolute Gasteiger partial charge is 0.478 e. The van der Waals surface area contributed by atoms with Gasteiger partial charge in [0, 0.05) is 25.1 Å². The second-order valence-corrected chi connectivity index (χ2v) is 5.32. The summed E-state index contributed by atoms with van der Waals surface area (Å²) >= 11 is 0. The molecule has 1 aromatic carbocycles. The molecule has 5 nitrogen and oxygen atoms in total. The van der Waals surface area contributed by atoms with Crippen LogP contribution in [0.3, 0.4) is 0 Å². The number of pyridine rings is 1. The van der Waals surface area contributed by atoms with E-state index in [2.05, 4.69) is 10.3 Å². The van der Waals surface area contributed by atoms with Crippen LogP contribution in [0.5, 0.6) is 0 Å². The zero-order chi connectivity index (χ0) is 14.7. The number of rotatable bonds is 5. The third-order valence-electron chi connectivity index (χ3n) is 3.84. The zero-order valence-corrected chi connectivity index (χ0v) is 11.7. The maximum atomic E-state index is 11.2. The third kappa shape index (κ3) is 3.13. The van der Waals surface area contributed by atoms with Gasteiger partial charge in [0.05, 0.1) is 11.1 Å². The van der Waals surface area contributed by atoms with E-state index in [0.717, 1.165) is 38.4 Å². The first-order chi connectivity index (χ1) is 10.2. The summed E-state index contributed by atoms with van der Waals surface area (Å²) in [5, 5.41) is 13.1. The molecule has 2 N–H and O–H groups in total. The van der Waals surface area contributed by atoms with Gasteiger partial charge in [-0.1, -0.05) is 6.07 Å². The first kappa shape index (κ1) is 13.8. The molecule has 0 bridgehead atoms. The molecule has 1 unspecified atom stereocenters. The van der Waals surface area contributed by atoms with Crippen LogP contribution in [0.1, 0.15) is 23.2 Å². The van der Waals surface area contributed by atoms with Gasteiger partial charge in [-0.15, -0.1) is 0 Å². The number of nitrogens with one attached hydrogen (secondary N) is 1. The van der Waals surface area contributed by atoms with Crippen molar-refractivity contribution in [2.75, 3.05) is 25.1 Å². The molecule has 0 spiro atoms. The van der Waals surface area contributed by atoms with Gasteiger partial charge in [0.2, 0.25) is 0 Å². The molecular formula is C16H18N2O3. The van der Waals surface area contributed by atoms with Crippen LogP contribution in [-0.4, -0.2) is 35.8 Å². The number of carboxylic acid groups (broad SMARTS) is 1. The van der Waals surface area contributed by atoms with E-state index < -0.39 is 5.97 Å². The lowest BCUT2D eigenvalue weighted by Crippen LogP contribution is -2.10. The summed E-state index contributed by atoms with van der Waals surface area (Å²) in [5.74, 6) is 0.491. The Morgan fingerprint density at radius 1 is 1.38 bits per heavy atom. The van der Waals surface area contributed by atoms with Gasteiger partial charge in [-0.2, -0.15) is 0 Å². The summed E-state index contributed by atoms with van der Waals surface area (Å²) < 4.78 is 5.35. The summed E-state index contributed by atoms with van der Waals surface area (Å²) in [6.45, 7) is 2.58. The van der Waals surface area contributed by atoms with Crippen molar-refractivity contribution >= 4 is 22.7 Å². The number of fused-ring (bicyclic) bond motifs is 1. The molecule has 2 heterocycles. The van der Waals surface area contributed by atoms with Gasteiger partial charge in [-0.3, -0.25) is 0 Å². The number of anilines is 1. The van der Waals surface area contributed by atoms with Crippen molar-refractivity contribution < 1.29 is 14.6 Å². The average Bonchev–Trinajstić information content (AvgIpc) is 2.99. The summed E-state index contributed by atoms with van der Waals surface area (Å²) in [6, 6.07) is 8.79. The van der Waals surface area contributed by atoms with Crippen LogP contribution >= 0.6 is 0 Å². The van der Waals surface area contributed by atoms with E-state index in [0.29, 0.717) is 16.8 Å². The number of carboxylic acids is 1. The van der Waals surface area contributed by atoms with E-state index in [1.807, 2.05) is 18.2 Å². The highest BCUT2D eigenvalue weighted by atomic mass is 16.5. The molecule has 1 aliphatic rings. The summed E-state index contributed by atoms with van der Waals surface area (Å²) in [5.41, 5.74) is 0.985. The van der Waals surface area contributed by atoms with E-state index in [4.69, 9.17) is 9.84 Å². The molecule has 21 heavy (non-hydrogen) atoms. The van der Waals surface area contributed by atoms with Gasteiger partial charge in [0.1, 0.15) is 5.82 Å². The molecule has 3 rings (SSSR count). The Kier molecular flexibility index (Phi) is 4.01. The molecule has 2 aromatic rings. The standard InChI is InChI=1S/C16H18N2O3/c19-16(20)13-2-1-3-14-12(13)4-5-15(18-14)17-8-6-11-7-9-21-10-11/h1-5,11H,6-10H2,(H,17,18)(H,19,20). The van der Waals surface area contributed by atoms with E-state index in [1.165, 1.54) is 0 Å². The second-order valence-electron chi connectivity index (χ2n) is 5.32. The lowest BCUT2D eigenvalue weighted by molar-refractivity contribution is 0.0699. The monoisotopic (exact) mass is 286 g/mol. The van der Waals surface area contributed by atoms with Crippen molar-refractivity contribution in [3.8, 4) is 0 Å². The van der Waals surface area contributed by atoms with Crippen LogP contribution in [0, 0.1) is 5.92 Å². The zero-order valence-electron chi connectivity index (χ0n) is 11.7. The smallest absolute Gasteiger partial charge is 0.336 e. The fourth-order valence-electron chi connectivity index (χ4n) is 2.66. The van der Waals surface area contributed by atoms with Crippen molar-refractivity contribution in [1.29, 1.82) is 0 Å². The lowest BCUT2D eigenvalue weighted by Gasteiger charge is -2.10. The molecular weight excluding hydrogens is 268 g/mol. The first-order valence-electron chi connectivity index (χ1n) is 7.19. The molecule has 1 fully saturated rings. The second kappa shape index (κ2) is 6.10. The molecule has 1 atom stereocenters. The molecule has 1 aromatic heterocycles. The summed E-state index contributed by atoms with van der Waals surface area (Å²) in [4.78, 5) is 15.6. The molecule has 1 saturated heterocycles. The van der Waals surface area contributed by atoms with Crippen LogP contribution in [0.2, 0.25) is 0 Å². The Balaban J connectivity index is 1.70.